The van der Waals surface area contributed by atoms with Crippen molar-refractivity contribution in [3.63, 3.8) is 0 Å². The Labute approximate surface area is 253 Å². The molecule has 3 N–H and O–H groups in total. The van der Waals surface area contributed by atoms with Gasteiger partial charge in [-0.05, 0) is 84.2 Å². The number of fused-ring (bicyclic) bond motifs is 3. The fourth-order valence-corrected chi connectivity index (χ4v) is 7.38. The Hall–Kier alpha value is -4.26. The van der Waals surface area contributed by atoms with E-state index >= 15 is 0 Å². The molecule has 4 atom stereocenters. The zero-order valence-electron chi connectivity index (χ0n) is 22.4. The number of imide groups is 1. The lowest BCUT2D eigenvalue weighted by Gasteiger charge is -2.42. The summed E-state index contributed by atoms with van der Waals surface area (Å²) in [6.07, 6.45) is 3.47. The summed E-state index contributed by atoms with van der Waals surface area (Å²) in [5, 5.41) is 30.0. The number of hydrogen-bond acceptors (Lipinski definition) is 8. The largest absolute Gasteiger partial charge is 0.507 e. The molecular weight excluding hydrogens is 657 g/mol. The average Bonchev–Trinajstić information content (AvgIpc) is 3.21. The van der Waals surface area contributed by atoms with Gasteiger partial charge in [-0.3, -0.25) is 19.2 Å². The molecule has 10 nitrogen and oxygen atoms in total. The summed E-state index contributed by atoms with van der Waals surface area (Å²) in [4.78, 5) is 66.8. The molecule has 2 amide bonds. The molecular formula is C31H24INO9. The summed E-state index contributed by atoms with van der Waals surface area (Å²) in [6.45, 7) is 1.59. The first-order valence-electron chi connectivity index (χ1n) is 13.1. The minimum Gasteiger partial charge on any atom is -0.507 e. The molecule has 214 valence electrons. The highest BCUT2D eigenvalue weighted by atomic mass is 127. The van der Waals surface area contributed by atoms with Gasteiger partial charge in [0.05, 0.1) is 28.2 Å². The molecule has 0 aromatic heterocycles. The summed E-state index contributed by atoms with van der Waals surface area (Å²) in [5.41, 5.74) is 1.96. The predicted octanol–water partition coefficient (Wildman–Crippen LogP) is 4.04. The Bertz CT molecular complexity index is 1750. The number of Topliss-reactive ketones (excluding diaryl/α,β-unsaturated/α-hetero) is 1. The van der Waals surface area contributed by atoms with Crippen molar-refractivity contribution in [3.8, 4) is 17.2 Å². The van der Waals surface area contributed by atoms with E-state index in [1.165, 1.54) is 19.3 Å². The van der Waals surface area contributed by atoms with E-state index in [1.807, 2.05) is 28.7 Å². The second-order valence-electron chi connectivity index (χ2n) is 10.8. The van der Waals surface area contributed by atoms with Crippen molar-refractivity contribution in [1.29, 1.82) is 0 Å². The fraction of sp³-hybridized carbons (Fsp3) is 0.258. The Morgan fingerprint density at radius 2 is 1.79 bits per heavy atom. The summed E-state index contributed by atoms with van der Waals surface area (Å²) < 4.78 is 5.86. The number of carboxylic acids is 1. The number of carbonyl (C=O) groups is 5. The van der Waals surface area contributed by atoms with Crippen LogP contribution in [0.5, 0.6) is 17.2 Å². The van der Waals surface area contributed by atoms with Crippen LogP contribution in [-0.4, -0.2) is 51.8 Å². The lowest BCUT2D eigenvalue weighted by Crippen LogP contribution is -2.39. The van der Waals surface area contributed by atoms with E-state index in [1.54, 1.807) is 19.1 Å². The lowest BCUT2D eigenvalue weighted by atomic mass is 9.59. The number of ether oxygens (including phenoxy) is 1. The number of methoxy groups -OCH3 is 1. The third-order valence-electron chi connectivity index (χ3n) is 8.64. The van der Waals surface area contributed by atoms with E-state index in [0.29, 0.717) is 25.9 Å². The van der Waals surface area contributed by atoms with Gasteiger partial charge in [0.2, 0.25) is 11.8 Å². The number of ketones is 2. The first kappa shape index (κ1) is 27.9. The molecule has 1 fully saturated rings. The molecule has 0 saturated carbocycles. The number of nitrogens with zero attached hydrogens (tertiary/aromatic N) is 1. The van der Waals surface area contributed by atoms with Crippen molar-refractivity contribution in [2.24, 2.45) is 17.8 Å². The molecule has 1 saturated heterocycles. The van der Waals surface area contributed by atoms with Crippen LogP contribution in [0.2, 0.25) is 0 Å². The number of carbonyl (C=O) groups excluding carboxylic acids is 4. The quantitative estimate of drug-likeness (QED) is 0.188. The fourth-order valence-electron chi connectivity index (χ4n) is 6.75. The topological polar surface area (TPSA) is 159 Å². The van der Waals surface area contributed by atoms with Crippen LogP contribution in [0.1, 0.15) is 41.6 Å². The number of allylic oxidation sites excluding steroid dienone is 6. The maximum absolute atomic E-state index is 14.0. The Morgan fingerprint density at radius 3 is 2.45 bits per heavy atom. The molecule has 4 aliphatic rings. The van der Waals surface area contributed by atoms with Crippen LogP contribution >= 0.6 is 22.6 Å². The Balaban J connectivity index is 1.48. The molecule has 3 aliphatic carbocycles. The molecule has 6 rings (SSSR count). The number of carboxylic acid groups (broad SMARTS) is 1. The molecule has 0 unspecified atom stereocenters. The molecule has 0 bridgehead atoms. The number of aromatic carboxylic acids is 1. The summed E-state index contributed by atoms with van der Waals surface area (Å²) in [6, 6.07) is 6.85. The number of aromatic hydroxyl groups is 2. The van der Waals surface area contributed by atoms with Gasteiger partial charge in [0.25, 0.3) is 0 Å². The number of benzene rings is 2. The maximum atomic E-state index is 14.0. The first-order valence-corrected chi connectivity index (χ1v) is 14.2. The zero-order chi connectivity index (χ0) is 30.2. The number of hydrogen-bond donors (Lipinski definition) is 3. The van der Waals surface area contributed by atoms with Crippen molar-refractivity contribution in [2.45, 2.75) is 25.7 Å². The van der Waals surface area contributed by atoms with Crippen molar-refractivity contribution in [1.82, 2.24) is 0 Å². The third-order valence-corrected chi connectivity index (χ3v) is 9.46. The molecule has 42 heavy (non-hydrogen) atoms. The standard InChI is InChI=1S/C31H24INO9/c1-12-7-21(34)19-11-18-15(24(26(19)27(12)36)13-8-20(32)28(37)23(9-13)42-2)5-6-17-25(18)30(39)33(29(17)38)14-3-4-16(31(40)41)22(35)10-14/h3-5,7-10,17-18,24-25,35,37H,6,11H2,1-2H3,(H,40,41)/t17-,18+,24-,25-/m0/s1. The van der Waals surface area contributed by atoms with E-state index in [9.17, 15) is 39.3 Å². The van der Waals surface area contributed by atoms with Crippen LogP contribution in [0.3, 0.4) is 0 Å². The second kappa shape index (κ2) is 9.93. The van der Waals surface area contributed by atoms with Gasteiger partial charge in [0.1, 0.15) is 11.3 Å². The van der Waals surface area contributed by atoms with Gasteiger partial charge >= 0.3 is 5.97 Å². The SMILES string of the molecule is COc1cc([C@H]2C3=CC[C@@H]4C(=O)N(c5ccc(C(=O)O)c(O)c5)C(=O)[C@@H]4[C@@H]3CC3=C2C(=O)C(C)=CC3=O)cc(I)c1O. The predicted molar refractivity (Wildman–Crippen MR) is 156 cm³/mol. The summed E-state index contributed by atoms with van der Waals surface area (Å²) in [7, 11) is 1.41. The second-order valence-corrected chi connectivity index (χ2v) is 12.0. The normalized spacial score (nSPS) is 25.1. The van der Waals surface area contributed by atoms with Crippen LogP contribution < -0.4 is 9.64 Å². The van der Waals surface area contributed by atoms with Gasteiger partial charge in [-0.1, -0.05) is 11.6 Å². The van der Waals surface area contributed by atoms with Gasteiger partial charge in [-0.15, -0.1) is 0 Å². The number of halogens is 1. The minimum absolute atomic E-state index is 0.0519. The van der Waals surface area contributed by atoms with E-state index in [-0.39, 0.29) is 47.2 Å². The van der Waals surface area contributed by atoms with Crippen molar-refractivity contribution in [2.75, 3.05) is 12.0 Å². The summed E-state index contributed by atoms with van der Waals surface area (Å²) >= 11 is 1.96. The number of phenolic OH excluding ortho intramolecular Hbond substituents is 1. The molecule has 1 heterocycles. The monoisotopic (exact) mass is 681 g/mol. The van der Waals surface area contributed by atoms with Crippen LogP contribution in [0.4, 0.5) is 5.69 Å². The average molecular weight is 681 g/mol. The van der Waals surface area contributed by atoms with Gasteiger partial charge in [-0.2, -0.15) is 0 Å². The van der Waals surface area contributed by atoms with Crippen molar-refractivity contribution < 1.29 is 44.0 Å². The van der Waals surface area contributed by atoms with Crippen LogP contribution in [0.25, 0.3) is 0 Å². The molecule has 1 aliphatic heterocycles. The van der Waals surface area contributed by atoms with E-state index < -0.39 is 47.2 Å². The lowest BCUT2D eigenvalue weighted by molar-refractivity contribution is -0.123. The van der Waals surface area contributed by atoms with E-state index in [2.05, 4.69) is 0 Å². The van der Waals surface area contributed by atoms with E-state index in [4.69, 9.17) is 4.74 Å². The van der Waals surface area contributed by atoms with Crippen LogP contribution in [-0.2, 0) is 19.2 Å². The van der Waals surface area contributed by atoms with Gasteiger partial charge in [0, 0.05) is 28.7 Å². The van der Waals surface area contributed by atoms with Crippen LogP contribution in [0.15, 0.2) is 64.8 Å². The van der Waals surface area contributed by atoms with Crippen LogP contribution in [0, 0.1) is 21.3 Å². The van der Waals surface area contributed by atoms with Gasteiger partial charge in [-0.25, -0.2) is 9.69 Å². The smallest absolute Gasteiger partial charge is 0.339 e. The molecule has 11 heteroatoms. The van der Waals surface area contributed by atoms with Crippen molar-refractivity contribution >= 4 is 57.6 Å². The maximum Gasteiger partial charge on any atom is 0.339 e. The number of amides is 2. The number of anilines is 1. The highest BCUT2D eigenvalue weighted by Crippen LogP contribution is 2.56. The number of phenols is 2. The molecule has 2 aromatic carbocycles. The highest BCUT2D eigenvalue weighted by molar-refractivity contribution is 14.1. The number of rotatable bonds is 4. The van der Waals surface area contributed by atoms with Crippen molar-refractivity contribution in [3.05, 3.63) is 79.5 Å². The van der Waals surface area contributed by atoms with Gasteiger partial charge < -0.3 is 20.1 Å². The molecule has 0 spiro atoms. The zero-order valence-corrected chi connectivity index (χ0v) is 24.5. The third kappa shape index (κ3) is 4.01. The first-order chi connectivity index (χ1) is 19.9. The molecule has 0 radical (unpaired) electrons. The van der Waals surface area contributed by atoms with E-state index in [0.717, 1.165) is 22.6 Å². The Kier molecular flexibility index (Phi) is 6.59. The Morgan fingerprint density at radius 1 is 1.05 bits per heavy atom. The molecule has 2 aromatic rings. The highest BCUT2D eigenvalue weighted by Gasteiger charge is 2.56. The van der Waals surface area contributed by atoms with Gasteiger partial charge in [0.15, 0.2) is 23.1 Å². The minimum atomic E-state index is -1.35. The summed E-state index contributed by atoms with van der Waals surface area (Å²) in [5.74, 6) is -6.28.